The van der Waals surface area contributed by atoms with Gasteiger partial charge in [-0.1, -0.05) is 0 Å². The molecule has 76 valence electrons. The molecule has 1 saturated heterocycles. The van der Waals surface area contributed by atoms with Crippen LogP contribution in [0.25, 0.3) is 0 Å². The Balaban J connectivity index is 1.82. The quantitative estimate of drug-likeness (QED) is 0.637. The number of anilines is 1. The van der Waals surface area contributed by atoms with Gasteiger partial charge in [0.15, 0.2) is 0 Å². The van der Waals surface area contributed by atoms with Crippen LogP contribution < -0.4 is 10.6 Å². The predicted molar refractivity (Wildman–Crippen MR) is 57.6 cm³/mol. The van der Waals surface area contributed by atoms with Gasteiger partial charge in [0, 0.05) is 18.3 Å². The van der Waals surface area contributed by atoms with E-state index in [0.717, 1.165) is 18.8 Å². The summed E-state index contributed by atoms with van der Waals surface area (Å²) in [7, 11) is 0. The van der Waals surface area contributed by atoms with Gasteiger partial charge in [-0.25, -0.2) is 0 Å². The van der Waals surface area contributed by atoms with E-state index in [-0.39, 0.29) is 0 Å². The molecule has 3 N–H and O–H groups in total. The van der Waals surface area contributed by atoms with Gasteiger partial charge in [-0.15, -0.1) is 0 Å². The zero-order valence-corrected chi connectivity index (χ0v) is 8.16. The minimum Gasteiger partial charge on any atom is -0.508 e. The average Bonchev–Trinajstić information content (AvgIpc) is 2.70. The summed E-state index contributed by atoms with van der Waals surface area (Å²) in [5, 5.41) is 15.9. The zero-order chi connectivity index (χ0) is 9.80. The maximum absolute atomic E-state index is 9.10. The van der Waals surface area contributed by atoms with E-state index in [9.17, 15) is 0 Å². The summed E-state index contributed by atoms with van der Waals surface area (Å²) >= 11 is 0. The smallest absolute Gasteiger partial charge is 0.115 e. The molecule has 1 unspecified atom stereocenters. The molecule has 0 radical (unpaired) electrons. The van der Waals surface area contributed by atoms with Gasteiger partial charge in [-0.3, -0.25) is 0 Å². The molecule has 3 heteroatoms. The van der Waals surface area contributed by atoms with E-state index in [0.29, 0.717) is 11.8 Å². The highest BCUT2D eigenvalue weighted by Crippen LogP contribution is 2.14. The number of hydrogen-bond donors (Lipinski definition) is 3. The third kappa shape index (κ3) is 2.39. The van der Waals surface area contributed by atoms with Crippen LogP contribution in [0.1, 0.15) is 12.8 Å². The molecule has 1 heterocycles. The predicted octanol–water partition coefficient (Wildman–Crippen LogP) is 1.56. The molecule has 1 aliphatic heterocycles. The van der Waals surface area contributed by atoms with E-state index >= 15 is 0 Å². The molecule has 0 aliphatic carbocycles. The monoisotopic (exact) mass is 192 g/mol. The Kier molecular flexibility index (Phi) is 2.89. The van der Waals surface area contributed by atoms with Crippen LogP contribution in [-0.4, -0.2) is 24.2 Å². The van der Waals surface area contributed by atoms with E-state index in [1.807, 2.05) is 12.1 Å². The lowest BCUT2D eigenvalue weighted by Crippen LogP contribution is -2.29. The standard InChI is InChI=1S/C11H16N2O/c14-11-5-3-9(4-6-11)13-8-10-2-1-7-12-10/h3-6,10,12-14H,1-2,7-8H2. The van der Waals surface area contributed by atoms with Crippen molar-refractivity contribution in [1.82, 2.24) is 5.32 Å². The lowest BCUT2D eigenvalue weighted by atomic mass is 10.2. The second-order valence-corrected chi connectivity index (χ2v) is 3.72. The van der Waals surface area contributed by atoms with Crippen LogP contribution in [0, 0.1) is 0 Å². The molecule has 1 atom stereocenters. The summed E-state index contributed by atoms with van der Waals surface area (Å²) in [5.41, 5.74) is 1.07. The molecule has 1 aromatic rings. The number of phenols is 1. The molecular formula is C11H16N2O. The van der Waals surface area contributed by atoms with E-state index in [4.69, 9.17) is 5.11 Å². The molecular weight excluding hydrogens is 176 g/mol. The Bertz CT molecular complexity index is 278. The number of benzene rings is 1. The Morgan fingerprint density at radius 2 is 2.14 bits per heavy atom. The molecule has 1 aliphatic rings. The Labute approximate surface area is 84.1 Å². The van der Waals surface area contributed by atoms with Crippen molar-refractivity contribution in [2.24, 2.45) is 0 Å². The maximum Gasteiger partial charge on any atom is 0.115 e. The van der Waals surface area contributed by atoms with E-state index < -0.39 is 0 Å². The van der Waals surface area contributed by atoms with Crippen molar-refractivity contribution >= 4 is 5.69 Å². The Morgan fingerprint density at radius 3 is 2.79 bits per heavy atom. The van der Waals surface area contributed by atoms with Crippen LogP contribution in [0.2, 0.25) is 0 Å². The lowest BCUT2D eigenvalue weighted by Gasteiger charge is -2.12. The fraction of sp³-hybridized carbons (Fsp3) is 0.455. The fourth-order valence-electron chi connectivity index (χ4n) is 1.75. The van der Waals surface area contributed by atoms with Crippen LogP contribution in [0.15, 0.2) is 24.3 Å². The highest BCUT2D eigenvalue weighted by Gasteiger charge is 2.12. The minimum atomic E-state index is 0.314. The van der Waals surface area contributed by atoms with E-state index in [1.54, 1.807) is 12.1 Å². The van der Waals surface area contributed by atoms with Gasteiger partial charge < -0.3 is 15.7 Å². The molecule has 14 heavy (non-hydrogen) atoms. The molecule has 0 amide bonds. The summed E-state index contributed by atoms with van der Waals surface area (Å²) in [5.74, 6) is 0.314. The van der Waals surface area contributed by atoms with Gasteiger partial charge in [0.2, 0.25) is 0 Å². The SMILES string of the molecule is Oc1ccc(NCC2CCCN2)cc1. The third-order valence-corrected chi connectivity index (χ3v) is 2.58. The van der Waals surface area contributed by atoms with Gasteiger partial charge in [0.1, 0.15) is 5.75 Å². The molecule has 1 aromatic carbocycles. The number of rotatable bonds is 3. The highest BCUT2D eigenvalue weighted by atomic mass is 16.3. The molecule has 2 rings (SSSR count). The first-order valence-corrected chi connectivity index (χ1v) is 5.11. The second-order valence-electron chi connectivity index (χ2n) is 3.72. The average molecular weight is 192 g/mol. The van der Waals surface area contributed by atoms with Gasteiger partial charge in [0.05, 0.1) is 0 Å². The Hall–Kier alpha value is -1.22. The first-order chi connectivity index (χ1) is 6.84. The molecule has 0 aromatic heterocycles. The summed E-state index contributed by atoms with van der Waals surface area (Å²) in [4.78, 5) is 0. The van der Waals surface area contributed by atoms with Crippen molar-refractivity contribution in [3.63, 3.8) is 0 Å². The van der Waals surface area contributed by atoms with Crippen LogP contribution in [0.3, 0.4) is 0 Å². The van der Waals surface area contributed by atoms with Gasteiger partial charge in [-0.2, -0.15) is 0 Å². The molecule has 0 spiro atoms. The molecule has 0 bridgehead atoms. The minimum absolute atomic E-state index is 0.314. The largest absolute Gasteiger partial charge is 0.508 e. The fourth-order valence-corrected chi connectivity index (χ4v) is 1.75. The van der Waals surface area contributed by atoms with E-state index in [1.165, 1.54) is 12.8 Å². The Morgan fingerprint density at radius 1 is 1.36 bits per heavy atom. The van der Waals surface area contributed by atoms with Crippen LogP contribution in [0.5, 0.6) is 5.75 Å². The third-order valence-electron chi connectivity index (χ3n) is 2.58. The first-order valence-electron chi connectivity index (χ1n) is 5.11. The molecule has 0 saturated carbocycles. The lowest BCUT2D eigenvalue weighted by molar-refractivity contribution is 0.475. The maximum atomic E-state index is 9.10. The number of hydrogen-bond acceptors (Lipinski definition) is 3. The van der Waals surface area contributed by atoms with Crippen molar-refractivity contribution in [2.45, 2.75) is 18.9 Å². The topological polar surface area (TPSA) is 44.3 Å². The molecule has 1 fully saturated rings. The number of phenolic OH excluding ortho intramolecular Hbond substituents is 1. The van der Waals surface area contributed by atoms with Crippen molar-refractivity contribution < 1.29 is 5.11 Å². The van der Waals surface area contributed by atoms with Crippen molar-refractivity contribution in [2.75, 3.05) is 18.4 Å². The second kappa shape index (κ2) is 4.33. The summed E-state index contributed by atoms with van der Waals surface area (Å²) in [6.45, 7) is 2.10. The highest BCUT2D eigenvalue weighted by molar-refractivity contribution is 5.46. The number of aromatic hydroxyl groups is 1. The summed E-state index contributed by atoms with van der Waals surface area (Å²) in [6.07, 6.45) is 2.53. The van der Waals surface area contributed by atoms with Crippen molar-refractivity contribution in [3.8, 4) is 5.75 Å². The first kappa shape index (κ1) is 9.34. The van der Waals surface area contributed by atoms with Gasteiger partial charge >= 0.3 is 0 Å². The van der Waals surface area contributed by atoms with Crippen LogP contribution in [-0.2, 0) is 0 Å². The zero-order valence-electron chi connectivity index (χ0n) is 8.16. The van der Waals surface area contributed by atoms with Crippen LogP contribution in [0.4, 0.5) is 5.69 Å². The summed E-state index contributed by atoms with van der Waals surface area (Å²) in [6, 6.07) is 7.78. The molecule has 3 nitrogen and oxygen atoms in total. The van der Waals surface area contributed by atoms with Gasteiger partial charge in [-0.05, 0) is 43.7 Å². The number of nitrogens with one attached hydrogen (secondary N) is 2. The summed E-state index contributed by atoms with van der Waals surface area (Å²) < 4.78 is 0. The van der Waals surface area contributed by atoms with Gasteiger partial charge in [0.25, 0.3) is 0 Å². The van der Waals surface area contributed by atoms with Crippen molar-refractivity contribution in [3.05, 3.63) is 24.3 Å². The van der Waals surface area contributed by atoms with E-state index in [2.05, 4.69) is 10.6 Å². The normalized spacial score (nSPS) is 21.0. The van der Waals surface area contributed by atoms with Crippen molar-refractivity contribution in [1.29, 1.82) is 0 Å². The van der Waals surface area contributed by atoms with Crippen LogP contribution >= 0.6 is 0 Å².